The summed E-state index contributed by atoms with van der Waals surface area (Å²) in [4.78, 5) is 28.6. The molecule has 0 spiro atoms. The van der Waals surface area contributed by atoms with Crippen molar-refractivity contribution < 1.29 is 24.2 Å². The molecular formula is C30H26N2O5. The molecule has 3 aromatic carbocycles. The fraction of sp³-hybridized carbons (Fsp3) is 0.200. The van der Waals surface area contributed by atoms with Gasteiger partial charge >= 0.3 is 0 Å². The Hall–Kier alpha value is -4.52. The maximum atomic E-state index is 13.6. The van der Waals surface area contributed by atoms with E-state index in [9.17, 15) is 14.7 Å². The van der Waals surface area contributed by atoms with Crippen molar-refractivity contribution in [1.82, 2.24) is 4.57 Å². The van der Waals surface area contributed by atoms with Gasteiger partial charge in [-0.2, -0.15) is 0 Å². The summed E-state index contributed by atoms with van der Waals surface area (Å²) in [6.45, 7) is 0.659. The Labute approximate surface area is 214 Å². The number of aromatic nitrogens is 1. The summed E-state index contributed by atoms with van der Waals surface area (Å²) in [5.41, 5.74) is 3.79. The zero-order valence-electron chi connectivity index (χ0n) is 20.6. The van der Waals surface area contributed by atoms with Crippen LogP contribution in [0.3, 0.4) is 0 Å². The van der Waals surface area contributed by atoms with Crippen LogP contribution in [0.1, 0.15) is 29.2 Å². The summed E-state index contributed by atoms with van der Waals surface area (Å²) < 4.78 is 13.0. The van der Waals surface area contributed by atoms with E-state index in [0.717, 1.165) is 40.6 Å². The highest BCUT2D eigenvalue weighted by Crippen LogP contribution is 2.45. The predicted octanol–water partition coefficient (Wildman–Crippen LogP) is 5.14. The normalized spacial score (nSPS) is 18.6. The van der Waals surface area contributed by atoms with Gasteiger partial charge < -0.3 is 19.1 Å². The molecule has 0 saturated carbocycles. The minimum atomic E-state index is -0.813. The number of rotatable bonds is 4. The smallest absolute Gasteiger partial charge is 0.300 e. The predicted molar refractivity (Wildman–Crippen MR) is 141 cm³/mol. The topological polar surface area (TPSA) is 81.0 Å². The molecule has 7 heteroatoms. The molecular weight excluding hydrogens is 468 g/mol. The van der Waals surface area contributed by atoms with Crippen LogP contribution in [-0.2, 0) is 23.1 Å². The maximum absolute atomic E-state index is 13.6. The number of ketones is 1. The summed E-state index contributed by atoms with van der Waals surface area (Å²) in [5.74, 6) is -0.183. The molecule has 7 nitrogen and oxygen atoms in total. The standard InChI is InChI=1S/C30H26N2O5/c1-31-17-23(22-7-3-4-8-24(22)31)27-26(28(33)19-9-14-25-18(16-19)6-5-15-37-25)29(34)30(35)32(27)20-10-12-21(36-2)13-11-20/h3-4,7-14,16-17,27,33H,5-6,15H2,1-2H3/b28-26+. The third kappa shape index (κ3) is 3.66. The Morgan fingerprint density at radius 2 is 1.84 bits per heavy atom. The minimum absolute atomic E-state index is 0.0637. The number of carbonyl (C=O) groups is 2. The van der Waals surface area contributed by atoms with Crippen molar-refractivity contribution >= 4 is 34.0 Å². The van der Waals surface area contributed by atoms with Gasteiger partial charge in [0.05, 0.1) is 25.3 Å². The number of aliphatic hydroxyl groups excluding tert-OH is 1. The number of carbonyl (C=O) groups excluding carboxylic acids is 2. The van der Waals surface area contributed by atoms with E-state index in [4.69, 9.17) is 9.47 Å². The first-order valence-electron chi connectivity index (χ1n) is 12.2. The van der Waals surface area contributed by atoms with Gasteiger partial charge in [-0.05, 0) is 66.9 Å². The maximum Gasteiger partial charge on any atom is 0.300 e. The highest BCUT2D eigenvalue weighted by atomic mass is 16.5. The number of nitrogens with zero attached hydrogens (tertiary/aromatic N) is 2. The Morgan fingerprint density at radius 3 is 2.62 bits per heavy atom. The number of amides is 1. The zero-order chi connectivity index (χ0) is 25.7. The molecule has 2 aliphatic heterocycles. The van der Waals surface area contributed by atoms with Gasteiger partial charge in [-0.15, -0.1) is 0 Å². The lowest BCUT2D eigenvalue weighted by molar-refractivity contribution is -0.132. The van der Waals surface area contributed by atoms with Crippen LogP contribution >= 0.6 is 0 Å². The molecule has 1 unspecified atom stereocenters. The molecule has 0 radical (unpaired) electrons. The van der Waals surface area contributed by atoms with Crippen LogP contribution in [0, 0.1) is 0 Å². The monoisotopic (exact) mass is 494 g/mol. The summed E-state index contributed by atoms with van der Waals surface area (Å²) in [7, 11) is 3.50. The van der Waals surface area contributed by atoms with E-state index in [1.807, 2.05) is 54.2 Å². The number of methoxy groups -OCH3 is 1. The minimum Gasteiger partial charge on any atom is -0.507 e. The highest BCUT2D eigenvalue weighted by Gasteiger charge is 2.48. The molecule has 1 fully saturated rings. The fourth-order valence-electron chi connectivity index (χ4n) is 5.39. The lowest BCUT2D eigenvalue weighted by Gasteiger charge is -2.25. The Balaban J connectivity index is 1.58. The summed E-state index contributed by atoms with van der Waals surface area (Å²) in [6.07, 6.45) is 3.63. The third-order valence-corrected chi connectivity index (χ3v) is 7.20. The number of anilines is 1. The van der Waals surface area contributed by atoms with Crippen LogP contribution in [0.15, 0.2) is 78.5 Å². The number of benzene rings is 3. The fourth-order valence-corrected chi connectivity index (χ4v) is 5.39. The number of aliphatic hydroxyl groups is 1. The average molecular weight is 495 g/mol. The van der Waals surface area contributed by atoms with Crippen LogP contribution in [-0.4, -0.2) is 35.1 Å². The molecule has 0 bridgehead atoms. The van der Waals surface area contributed by atoms with Crippen molar-refractivity contribution in [1.29, 1.82) is 0 Å². The molecule has 0 aliphatic carbocycles. The van der Waals surface area contributed by atoms with E-state index in [2.05, 4.69) is 0 Å². The third-order valence-electron chi connectivity index (χ3n) is 7.20. The molecule has 1 aromatic heterocycles. The lowest BCUT2D eigenvalue weighted by Crippen LogP contribution is -2.29. The van der Waals surface area contributed by atoms with E-state index < -0.39 is 17.7 Å². The van der Waals surface area contributed by atoms with Gasteiger partial charge in [-0.1, -0.05) is 18.2 Å². The number of ether oxygens (including phenoxy) is 2. The van der Waals surface area contributed by atoms with Crippen LogP contribution in [0.2, 0.25) is 0 Å². The summed E-state index contributed by atoms with van der Waals surface area (Å²) >= 11 is 0. The molecule has 3 heterocycles. The van der Waals surface area contributed by atoms with Gasteiger partial charge in [0.1, 0.15) is 17.3 Å². The van der Waals surface area contributed by atoms with Gasteiger partial charge in [-0.3, -0.25) is 14.5 Å². The van der Waals surface area contributed by atoms with Crippen molar-refractivity contribution in [3.05, 3.63) is 95.2 Å². The Bertz CT molecular complexity index is 1580. The second kappa shape index (κ2) is 8.85. The van der Waals surface area contributed by atoms with Crippen molar-refractivity contribution in [3.8, 4) is 11.5 Å². The quantitative estimate of drug-likeness (QED) is 0.241. The SMILES string of the molecule is COc1ccc(N2C(=O)C(=O)/C(=C(/O)c3ccc4c(c3)CCCO4)C2c2cn(C)c3ccccc23)cc1. The van der Waals surface area contributed by atoms with Gasteiger partial charge in [0.25, 0.3) is 11.7 Å². The second-order valence-electron chi connectivity index (χ2n) is 9.35. The average Bonchev–Trinajstić information content (AvgIpc) is 3.41. The van der Waals surface area contributed by atoms with Gasteiger partial charge in [0.15, 0.2) is 0 Å². The van der Waals surface area contributed by atoms with Gasteiger partial charge in [0, 0.05) is 41.0 Å². The number of Topliss-reactive ketones (excluding diaryl/α,β-unsaturated/α-hetero) is 1. The van der Waals surface area contributed by atoms with E-state index in [1.165, 1.54) is 4.90 Å². The van der Waals surface area contributed by atoms with Crippen LogP contribution < -0.4 is 14.4 Å². The number of fused-ring (bicyclic) bond motifs is 2. The Kier molecular flexibility index (Phi) is 5.48. The van der Waals surface area contributed by atoms with E-state index >= 15 is 0 Å². The first-order chi connectivity index (χ1) is 18.0. The molecule has 2 aliphatic rings. The Morgan fingerprint density at radius 1 is 1.05 bits per heavy atom. The van der Waals surface area contributed by atoms with Crippen molar-refractivity contribution in [2.75, 3.05) is 18.6 Å². The highest BCUT2D eigenvalue weighted by molar-refractivity contribution is 6.51. The number of hydrogen-bond donors (Lipinski definition) is 1. The molecule has 6 rings (SSSR count). The summed E-state index contributed by atoms with van der Waals surface area (Å²) in [6, 6.07) is 19.4. The van der Waals surface area contributed by atoms with Crippen LogP contribution in [0.4, 0.5) is 5.69 Å². The molecule has 4 aromatic rings. The first kappa shape index (κ1) is 22.9. The zero-order valence-corrected chi connectivity index (χ0v) is 20.6. The van der Waals surface area contributed by atoms with Crippen molar-refractivity contribution in [2.45, 2.75) is 18.9 Å². The first-order valence-corrected chi connectivity index (χ1v) is 12.2. The van der Waals surface area contributed by atoms with E-state index in [0.29, 0.717) is 23.6 Å². The van der Waals surface area contributed by atoms with Crippen LogP contribution in [0.5, 0.6) is 11.5 Å². The molecule has 186 valence electrons. The van der Waals surface area contributed by atoms with Crippen LogP contribution in [0.25, 0.3) is 16.7 Å². The molecule has 37 heavy (non-hydrogen) atoms. The van der Waals surface area contributed by atoms with E-state index in [-0.39, 0.29) is 11.3 Å². The number of para-hydroxylation sites is 1. The number of hydrogen-bond acceptors (Lipinski definition) is 5. The number of aryl methyl sites for hydroxylation is 2. The largest absolute Gasteiger partial charge is 0.507 e. The van der Waals surface area contributed by atoms with Crippen molar-refractivity contribution in [3.63, 3.8) is 0 Å². The van der Waals surface area contributed by atoms with Gasteiger partial charge in [0.2, 0.25) is 0 Å². The summed E-state index contributed by atoms with van der Waals surface area (Å²) in [5, 5.41) is 12.5. The molecule has 1 atom stereocenters. The molecule has 1 N–H and O–H groups in total. The molecule has 1 amide bonds. The van der Waals surface area contributed by atoms with Crippen molar-refractivity contribution in [2.24, 2.45) is 7.05 Å². The lowest BCUT2D eigenvalue weighted by atomic mass is 9.93. The molecule has 1 saturated heterocycles. The second-order valence-corrected chi connectivity index (χ2v) is 9.35. The van der Waals surface area contributed by atoms with Gasteiger partial charge in [-0.25, -0.2) is 0 Å². The van der Waals surface area contributed by atoms with E-state index in [1.54, 1.807) is 37.4 Å².